The van der Waals surface area contributed by atoms with Gasteiger partial charge in [-0.25, -0.2) is 18.5 Å². The molecule has 2 aliphatic rings. The third kappa shape index (κ3) is 4.65. The first-order valence-corrected chi connectivity index (χ1v) is 12.4. The van der Waals surface area contributed by atoms with Gasteiger partial charge in [-0.05, 0) is 32.0 Å². The summed E-state index contributed by atoms with van der Waals surface area (Å²) < 4.78 is 41.8. The van der Waals surface area contributed by atoms with Crippen molar-refractivity contribution in [3.8, 4) is 6.07 Å². The Morgan fingerprint density at radius 1 is 1.10 bits per heavy atom. The predicted octanol–water partition coefficient (Wildman–Crippen LogP) is 3.59. The smallest absolute Gasteiger partial charge is 0.317 e. The summed E-state index contributed by atoms with van der Waals surface area (Å²) in [5.41, 5.74) is 0.570. The fourth-order valence-electron chi connectivity index (χ4n) is 4.81. The van der Waals surface area contributed by atoms with Crippen molar-refractivity contribution in [2.24, 2.45) is 10.9 Å². The van der Waals surface area contributed by atoms with E-state index in [9.17, 15) is 24.0 Å². The van der Waals surface area contributed by atoms with Crippen LogP contribution in [-0.2, 0) is 14.3 Å². The Kier molecular flexibility index (Phi) is 7.23. The number of hydrogen-bond acceptors (Lipinski definition) is 8. The number of amides is 2. The van der Waals surface area contributed by atoms with Gasteiger partial charge in [0.2, 0.25) is 0 Å². The van der Waals surface area contributed by atoms with Crippen molar-refractivity contribution >= 4 is 29.3 Å². The van der Waals surface area contributed by atoms with E-state index >= 15 is 4.39 Å². The number of benzene rings is 2. The van der Waals surface area contributed by atoms with Crippen LogP contribution in [0.4, 0.5) is 14.6 Å². The first-order valence-electron chi connectivity index (χ1n) is 12.4. The number of nitrogens with zero attached hydrogens (tertiary/aromatic N) is 5. The molecule has 0 fully saturated rings. The molecule has 1 aromatic heterocycles. The molecule has 2 amide bonds. The van der Waals surface area contributed by atoms with Gasteiger partial charge in [0.1, 0.15) is 23.6 Å². The van der Waals surface area contributed by atoms with Crippen LogP contribution in [0.15, 0.2) is 53.7 Å². The maximum atomic E-state index is 15.1. The van der Waals surface area contributed by atoms with Crippen molar-refractivity contribution in [2.45, 2.75) is 26.0 Å². The van der Waals surface area contributed by atoms with Crippen LogP contribution in [0.3, 0.4) is 0 Å². The highest BCUT2D eigenvalue weighted by Gasteiger charge is 2.44. The topological polar surface area (TPSA) is 127 Å². The maximum Gasteiger partial charge on any atom is 0.317 e. The number of aromatic nitrogens is 2. The summed E-state index contributed by atoms with van der Waals surface area (Å²) in [5.74, 6) is -5.19. The fourth-order valence-corrected chi connectivity index (χ4v) is 4.81. The van der Waals surface area contributed by atoms with Gasteiger partial charge in [-0.2, -0.15) is 10.4 Å². The summed E-state index contributed by atoms with van der Waals surface area (Å²) in [4.78, 5) is 44.2. The number of imide groups is 1. The lowest BCUT2D eigenvalue weighted by molar-refractivity contribution is -0.151. The molecule has 10 nitrogen and oxygen atoms in total. The lowest BCUT2D eigenvalue weighted by Crippen LogP contribution is -2.41. The molecule has 40 heavy (non-hydrogen) atoms. The number of rotatable bonds is 8. The second-order valence-electron chi connectivity index (χ2n) is 9.45. The standard InChI is InChI=1S/C28H23F2N5O5/c1-15(2)40-28(38)22-21(14-39-11-10-34-26(36)17-6-3-4-7-18(17)27(34)37)33-25-16(12-31)13-32-35(25)24(22)19-8-5-9-20(29)23(19)30/h3-9,13,15,22,24H,10-11,14H2,1-2H3. The second kappa shape index (κ2) is 10.8. The minimum atomic E-state index is -1.28. The number of esters is 1. The van der Waals surface area contributed by atoms with Crippen LogP contribution in [0.1, 0.15) is 51.7 Å². The minimum absolute atomic E-state index is 0.0451. The van der Waals surface area contributed by atoms with E-state index in [1.165, 1.54) is 23.0 Å². The van der Waals surface area contributed by atoms with E-state index in [0.29, 0.717) is 11.1 Å². The second-order valence-corrected chi connectivity index (χ2v) is 9.45. The van der Waals surface area contributed by atoms with E-state index in [0.717, 1.165) is 11.0 Å². The Labute approximate surface area is 227 Å². The van der Waals surface area contributed by atoms with Gasteiger partial charge in [0.15, 0.2) is 17.5 Å². The summed E-state index contributed by atoms with van der Waals surface area (Å²) in [5, 5.41) is 13.7. The van der Waals surface area contributed by atoms with E-state index in [4.69, 9.17) is 9.47 Å². The van der Waals surface area contributed by atoms with Crippen LogP contribution < -0.4 is 0 Å². The molecule has 0 saturated heterocycles. The quantitative estimate of drug-likeness (QED) is 0.240. The molecule has 0 bridgehead atoms. The van der Waals surface area contributed by atoms with E-state index < -0.39 is 47.5 Å². The number of carbonyl (C=O) groups is 3. The zero-order valence-electron chi connectivity index (χ0n) is 21.5. The number of halogens is 2. The Balaban J connectivity index is 1.44. The van der Waals surface area contributed by atoms with Gasteiger partial charge in [-0.1, -0.05) is 24.3 Å². The van der Waals surface area contributed by atoms with Crippen molar-refractivity contribution in [2.75, 3.05) is 19.8 Å². The van der Waals surface area contributed by atoms with Crippen LogP contribution in [0.25, 0.3) is 0 Å². The number of aliphatic imine (C=N–C) groups is 1. The highest BCUT2D eigenvalue weighted by molar-refractivity contribution is 6.21. The summed E-state index contributed by atoms with van der Waals surface area (Å²) in [6.45, 7) is 2.83. The number of fused-ring (bicyclic) bond motifs is 2. The average molecular weight is 548 g/mol. The zero-order chi connectivity index (χ0) is 28.6. The molecular formula is C28H23F2N5O5. The Bertz CT molecular complexity index is 1560. The molecule has 2 aromatic carbocycles. The number of ether oxygens (including phenoxy) is 2. The van der Waals surface area contributed by atoms with Gasteiger partial charge in [0.05, 0.1) is 48.9 Å². The first-order chi connectivity index (χ1) is 19.2. The van der Waals surface area contributed by atoms with Crippen LogP contribution in [-0.4, -0.2) is 64.0 Å². The Morgan fingerprint density at radius 2 is 1.80 bits per heavy atom. The third-order valence-corrected chi connectivity index (χ3v) is 6.57. The molecule has 5 rings (SSSR count). The van der Waals surface area contributed by atoms with Crippen LogP contribution in [0.2, 0.25) is 0 Å². The van der Waals surface area contributed by atoms with Gasteiger partial charge >= 0.3 is 5.97 Å². The summed E-state index contributed by atoms with van der Waals surface area (Å²) in [6, 6.07) is 10.8. The monoisotopic (exact) mass is 547 g/mol. The lowest BCUT2D eigenvalue weighted by atomic mass is 9.87. The fraction of sp³-hybridized carbons (Fsp3) is 0.286. The lowest BCUT2D eigenvalue weighted by Gasteiger charge is -2.32. The Morgan fingerprint density at radius 3 is 2.45 bits per heavy atom. The molecule has 3 heterocycles. The number of nitriles is 1. The summed E-state index contributed by atoms with van der Waals surface area (Å²) in [7, 11) is 0. The molecule has 12 heteroatoms. The SMILES string of the molecule is CC(C)OC(=O)C1C(COCCN2C(=O)c3ccccc3C2=O)=Nc2c(C#N)cnn2C1c1cccc(F)c1F. The van der Waals surface area contributed by atoms with Gasteiger partial charge in [0.25, 0.3) is 11.8 Å². The van der Waals surface area contributed by atoms with Gasteiger partial charge in [-0.15, -0.1) is 0 Å². The van der Waals surface area contributed by atoms with E-state index in [-0.39, 0.29) is 42.4 Å². The van der Waals surface area contributed by atoms with E-state index in [1.807, 2.05) is 6.07 Å². The third-order valence-electron chi connectivity index (χ3n) is 6.57. The van der Waals surface area contributed by atoms with Gasteiger partial charge < -0.3 is 9.47 Å². The normalized spacial score (nSPS) is 17.9. The molecule has 3 aromatic rings. The number of carbonyl (C=O) groups excluding carboxylic acids is 3. The van der Waals surface area contributed by atoms with Crippen LogP contribution in [0.5, 0.6) is 0 Å². The maximum absolute atomic E-state index is 15.1. The van der Waals surface area contributed by atoms with E-state index in [2.05, 4.69) is 10.1 Å². The van der Waals surface area contributed by atoms with Crippen molar-refractivity contribution in [1.82, 2.24) is 14.7 Å². The largest absolute Gasteiger partial charge is 0.462 e. The minimum Gasteiger partial charge on any atom is -0.462 e. The molecule has 0 spiro atoms. The molecule has 0 saturated carbocycles. The molecule has 0 aliphatic carbocycles. The molecule has 0 N–H and O–H groups in total. The number of hydrogen-bond donors (Lipinski definition) is 0. The molecule has 2 aliphatic heterocycles. The Hall–Kier alpha value is -4.76. The van der Waals surface area contributed by atoms with Crippen molar-refractivity contribution in [3.05, 3.63) is 82.5 Å². The van der Waals surface area contributed by atoms with Crippen molar-refractivity contribution in [1.29, 1.82) is 5.26 Å². The molecule has 2 atom stereocenters. The zero-order valence-corrected chi connectivity index (χ0v) is 21.5. The molecule has 2 unspecified atom stereocenters. The summed E-state index contributed by atoms with van der Waals surface area (Å²) in [6.07, 6.45) is 0.690. The predicted molar refractivity (Wildman–Crippen MR) is 136 cm³/mol. The molecular weight excluding hydrogens is 524 g/mol. The van der Waals surface area contributed by atoms with Crippen LogP contribution >= 0.6 is 0 Å². The van der Waals surface area contributed by atoms with Crippen molar-refractivity contribution in [3.63, 3.8) is 0 Å². The van der Waals surface area contributed by atoms with Crippen molar-refractivity contribution < 1.29 is 32.6 Å². The van der Waals surface area contributed by atoms with Gasteiger partial charge in [-0.3, -0.25) is 19.3 Å². The molecule has 204 valence electrons. The van der Waals surface area contributed by atoms with Crippen LogP contribution in [0, 0.1) is 28.9 Å². The van der Waals surface area contributed by atoms with Gasteiger partial charge in [0, 0.05) is 5.56 Å². The highest BCUT2D eigenvalue weighted by Crippen LogP contribution is 2.40. The van der Waals surface area contributed by atoms with E-state index in [1.54, 1.807) is 38.1 Å². The average Bonchev–Trinajstić information content (AvgIpc) is 3.45. The highest BCUT2D eigenvalue weighted by atomic mass is 19.2. The first kappa shape index (κ1) is 26.8. The molecule has 0 radical (unpaired) electrons. The summed E-state index contributed by atoms with van der Waals surface area (Å²) >= 11 is 0.